The van der Waals surface area contributed by atoms with E-state index in [1.807, 2.05) is 0 Å². The third kappa shape index (κ3) is 1.63. The molecule has 2 aromatic rings. The molecule has 6 heteroatoms. The molecule has 0 unspecified atom stereocenters. The summed E-state index contributed by atoms with van der Waals surface area (Å²) in [5, 5.41) is 9.08. The first-order valence-corrected chi connectivity index (χ1v) is 4.79. The fraction of sp³-hybridized carbons (Fsp3) is 0. The lowest BCUT2D eigenvalue weighted by molar-refractivity contribution is -0.131. The van der Waals surface area contributed by atoms with Crippen molar-refractivity contribution in [3.63, 3.8) is 0 Å². The molecule has 2 heterocycles. The predicted octanol–water partition coefficient (Wildman–Crippen LogP) is 1.59. The summed E-state index contributed by atoms with van der Waals surface area (Å²) in [5.74, 6) is -2.42. The molecule has 76 valence electrons. The molecule has 0 aliphatic rings. The molecule has 0 amide bonds. The summed E-state index contributed by atoms with van der Waals surface area (Å²) >= 11 is 3.20. The summed E-state index contributed by atoms with van der Waals surface area (Å²) in [7, 11) is 0. The molecular weight excluding hydrogens is 264 g/mol. The standard InChI is InChI=1S/C9H5BrN2O3/c10-4-1-5-6(7(13)9(14)15)3-12-8(5)11-2-4/h1-3H,(H,11,12)(H,14,15). The Morgan fingerprint density at radius 2 is 2.20 bits per heavy atom. The number of fused-ring (bicyclic) bond motifs is 1. The Morgan fingerprint density at radius 3 is 2.87 bits per heavy atom. The second kappa shape index (κ2) is 3.47. The van der Waals surface area contributed by atoms with E-state index in [4.69, 9.17) is 5.11 Å². The molecule has 0 saturated carbocycles. The minimum atomic E-state index is -1.48. The number of carboxylic acid groups (broad SMARTS) is 1. The molecule has 5 nitrogen and oxygen atoms in total. The van der Waals surface area contributed by atoms with E-state index in [1.165, 1.54) is 6.20 Å². The smallest absolute Gasteiger partial charge is 0.377 e. The lowest BCUT2D eigenvalue weighted by Crippen LogP contribution is -2.11. The molecular formula is C9H5BrN2O3. The largest absolute Gasteiger partial charge is 0.475 e. The number of nitrogens with zero attached hydrogens (tertiary/aromatic N) is 1. The number of Topliss-reactive ketones (excluding diaryl/α,β-unsaturated/α-hetero) is 1. The van der Waals surface area contributed by atoms with Gasteiger partial charge < -0.3 is 10.1 Å². The zero-order valence-electron chi connectivity index (χ0n) is 7.32. The maximum Gasteiger partial charge on any atom is 0.377 e. The van der Waals surface area contributed by atoms with Crippen molar-refractivity contribution < 1.29 is 14.7 Å². The number of pyridine rings is 1. The van der Waals surface area contributed by atoms with Gasteiger partial charge in [0.15, 0.2) is 0 Å². The molecule has 0 radical (unpaired) electrons. The molecule has 2 N–H and O–H groups in total. The number of carboxylic acids is 1. The van der Waals surface area contributed by atoms with E-state index in [1.54, 1.807) is 12.3 Å². The third-order valence-electron chi connectivity index (χ3n) is 1.94. The van der Waals surface area contributed by atoms with Gasteiger partial charge in [-0.25, -0.2) is 9.78 Å². The van der Waals surface area contributed by atoms with Crippen molar-refractivity contribution in [1.82, 2.24) is 9.97 Å². The lowest BCUT2D eigenvalue weighted by atomic mass is 10.1. The van der Waals surface area contributed by atoms with Gasteiger partial charge in [0, 0.05) is 22.3 Å². The summed E-state index contributed by atoms with van der Waals surface area (Å²) in [4.78, 5) is 28.5. The van der Waals surface area contributed by atoms with Crippen molar-refractivity contribution in [2.75, 3.05) is 0 Å². The molecule has 0 bridgehead atoms. The van der Waals surface area contributed by atoms with Crippen LogP contribution in [0, 0.1) is 0 Å². The van der Waals surface area contributed by atoms with Crippen LogP contribution in [0.25, 0.3) is 11.0 Å². The molecule has 0 aromatic carbocycles. The fourth-order valence-corrected chi connectivity index (χ4v) is 1.61. The highest BCUT2D eigenvalue weighted by Crippen LogP contribution is 2.20. The Labute approximate surface area is 92.3 Å². The molecule has 0 saturated heterocycles. The first kappa shape index (κ1) is 9.85. The number of aromatic nitrogens is 2. The van der Waals surface area contributed by atoms with Crippen molar-refractivity contribution in [2.24, 2.45) is 0 Å². The maximum atomic E-state index is 11.3. The second-order valence-electron chi connectivity index (χ2n) is 2.89. The topological polar surface area (TPSA) is 83.0 Å². The molecule has 2 aromatic heterocycles. The van der Waals surface area contributed by atoms with E-state index < -0.39 is 11.8 Å². The van der Waals surface area contributed by atoms with E-state index in [0.29, 0.717) is 15.5 Å². The Morgan fingerprint density at radius 1 is 1.47 bits per heavy atom. The van der Waals surface area contributed by atoms with Crippen molar-refractivity contribution >= 4 is 38.7 Å². The number of carbonyl (C=O) groups is 2. The van der Waals surface area contributed by atoms with Crippen molar-refractivity contribution in [3.8, 4) is 0 Å². The van der Waals surface area contributed by atoms with Crippen LogP contribution in [0.1, 0.15) is 10.4 Å². The highest BCUT2D eigenvalue weighted by Gasteiger charge is 2.19. The number of aliphatic carboxylic acids is 1. The van der Waals surface area contributed by atoms with Crippen LogP contribution in [0.4, 0.5) is 0 Å². The van der Waals surface area contributed by atoms with Gasteiger partial charge in [-0.3, -0.25) is 4.79 Å². The number of aromatic amines is 1. The van der Waals surface area contributed by atoms with E-state index in [9.17, 15) is 9.59 Å². The van der Waals surface area contributed by atoms with Gasteiger partial charge in [0.1, 0.15) is 5.65 Å². The van der Waals surface area contributed by atoms with Crippen LogP contribution in [0.2, 0.25) is 0 Å². The fourth-order valence-electron chi connectivity index (χ4n) is 1.28. The van der Waals surface area contributed by atoms with Gasteiger partial charge in [-0.15, -0.1) is 0 Å². The predicted molar refractivity (Wildman–Crippen MR) is 55.8 cm³/mol. The molecule has 0 aliphatic heterocycles. The average molecular weight is 269 g/mol. The van der Waals surface area contributed by atoms with Gasteiger partial charge in [0.05, 0.1) is 5.56 Å². The average Bonchev–Trinajstić information content (AvgIpc) is 2.59. The second-order valence-corrected chi connectivity index (χ2v) is 3.80. The number of hydrogen-bond acceptors (Lipinski definition) is 3. The highest BCUT2D eigenvalue weighted by molar-refractivity contribution is 9.10. The molecule has 0 aliphatic carbocycles. The zero-order chi connectivity index (χ0) is 11.0. The molecule has 15 heavy (non-hydrogen) atoms. The van der Waals surface area contributed by atoms with Crippen molar-refractivity contribution in [2.45, 2.75) is 0 Å². The normalized spacial score (nSPS) is 10.5. The van der Waals surface area contributed by atoms with Crippen LogP contribution in [0.15, 0.2) is 22.9 Å². The van der Waals surface area contributed by atoms with Crippen molar-refractivity contribution in [3.05, 3.63) is 28.5 Å². The molecule has 0 fully saturated rings. The third-order valence-corrected chi connectivity index (χ3v) is 2.37. The van der Waals surface area contributed by atoms with Crippen LogP contribution in [0.5, 0.6) is 0 Å². The van der Waals surface area contributed by atoms with Crippen LogP contribution < -0.4 is 0 Å². The minimum absolute atomic E-state index is 0.117. The van der Waals surface area contributed by atoms with Crippen LogP contribution in [-0.2, 0) is 4.79 Å². The summed E-state index contributed by atoms with van der Waals surface area (Å²) < 4.78 is 0.689. The van der Waals surface area contributed by atoms with Crippen LogP contribution >= 0.6 is 15.9 Å². The number of H-pyrrole nitrogens is 1. The van der Waals surface area contributed by atoms with E-state index in [2.05, 4.69) is 25.9 Å². The minimum Gasteiger partial charge on any atom is -0.475 e. The highest BCUT2D eigenvalue weighted by atomic mass is 79.9. The van der Waals surface area contributed by atoms with E-state index in [-0.39, 0.29) is 5.56 Å². The summed E-state index contributed by atoms with van der Waals surface area (Å²) in [6.45, 7) is 0. The van der Waals surface area contributed by atoms with Crippen LogP contribution in [0.3, 0.4) is 0 Å². The number of halogens is 1. The Hall–Kier alpha value is -1.69. The number of hydrogen-bond donors (Lipinski definition) is 2. The van der Waals surface area contributed by atoms with Crippen molar-refractivity contribution in [1.29, 1.82) is 0 Å². The SMILES string of the molecule is O=C(O)C(=O)c1c[nH]c2ncc(Br)cc12. The lowest BCUT2D eigenvalue weighted by Gasteiger charge is -1.94. The van der Waals surface area contributed by atoms with Gasteiger partial charge in [-0.1, -0.05) is 0 Å². The van der Waals surface area contributed by atoms with Gasteiger partial charge >= 0.3 is 5.97 Å². The number of carbonyl (C=O) groups excluding carboxylic acids is 1. The monoisotopic (exact) mass is 268 g/mol. The van der Waals surface area contributed by atoms with Crippen LogP contribution in [-0.4, -0.2) is 26.8 Å². The zero-order valence-corrected chi connectivity index (χ0v) is 8.91. The first-order valence-electron chi connectivity index (χ1n) is 4.00. The van der Waals surface area contributed by atoms with Gasteiger partial charge in [-0.05, 0) is 22.0 Å². The molecule has 2 rings (SSSR count). The van der Waals surface area contributed by atoms with Gasteiger partial charge in [0.2, 0.25) is 0 Å². The number of ketones is 1. The number of rotatable bonds is 2. The van der Waals surface area contributed by atoms with Gasteiger partial charge in [-0.2, -0.15) is 0 Å². The first-order chi connectivity index (χ1) is 7.09. The van der Waals surface area contributed by atoms with Gasteiger partial charge in [0.25, 0.3) is 5.78 Å². The quantitative estimate of drug-likeness (QED) is 0.640. The molecule has 0 atom stereocenters. The van der Waals surface area contributed by atoms with E-state index >= 15 is 0 Å². The molecule has 0 spiro atoms. The Bertz CT molecular complexity index is 561. The Kier molecular flexibility index (Phi) is 2.28. The van der Waals surface area contributed by atoms with E-state index in [0.717, 1.165) is 0 Å². The summed E-state index contributed by atoms with van der Waals surface area (Å²) in [5.41, 5.74) is 0.606. The Balaban J connectivity index is 2.67. The maximum absolute atomic E-state index is 11.3. The summed E-state index contributed by atoms with van der Waals surface area (Å²) in [6, 6.07) is 1.65. The summed E-state index contributed by atoms with van der Waals surface area (Å²) in [6.07, 6.45) is 2.91. The number of nitrogens with one attached hydrogen (secondary N) is 1.